The third-order valence-electron chi connectivity index (χ3n) is 8.69. The highest BCUT2D eigenvalue weighted by molar-refractivity contribution is 5.89. The first-order chi connectivity index (χ1) is 22.5. The van der Waals surface area contributed by atoms with Gasteiger partial charge < -0.3 is 34.1 Å². The molecule has 1 saturated heterocycles. The topological polar surface area (TPSA) is 115 Å². The molecule has 47 heavy (non-hydrogen) atoms. The average Bonchev–Trinajstić information content (AvgIpc) is 3.07. The molecule has 0 saturated carbocycles. The molecule has 252 valence electrons. The van der Waals surface area contributed by atoms with E-state index in [2.05, 4.69) is 24.0 Å². The summed E-state index contributed by atoms with van der Waals surface area (Å²) in [5.74, 6) is -1.22. The zero-order valence-electron chi connectivity index (χ0n) is 26.8. The van der Waals surface area contributed by atoms with E-state index in [1.54, 1.807) is 38.5 Å². The van der Waals surface area contributed by atoms with E-state index in [0.29, 0.717) is 31.3 Å². The van der Waals surface area contributed by atoms with Gasteiger partial charge in [0.05, 0.1) is 33.0 Å². The van der Waals surface area contributed by atoms with Crippen LogP contribution < -0.4 is 9.47 Å². The van der Waals surface area contributed by atoms with Gasteiger partial charge in [0.2, 0.25) is 0 Å². The maximum Gasteiger partial charge on any atom is 0.328 e. The Morgan fingerprint density at radius 3 is 1.91 bits per heavy atom. The number of carboxylic acid groups (broad SMARTS) is 2. The monoisotopic (exact) mass is 653 g/mol. The molecular weight excluding hydrogens is 612 g/mol. The first-order valence-corrected chi connectivity index (χ1v) is 15.4. The van der Waals surface area contributed by atoms with Crippen molar-refractivity contribution in [3.63, 3.8) is 0 Å². The summed E-state index contributed by atoms with van der Waals surface area (Å²) in [5.41, 5.74) is 3.79. The molecule has 1 fully saturated rings. The summed E-state index contributed by atoms with van der Waals surface area (Å²) in [6.07, 6.45) is 3.63. The Labute approximate surface area is 273 Å². The summed E-state index contributed by atoms with van der Waals surface area (Å²) in [6, 6.07) is 16.8. The molecule has 1 atom stereocenters. The minimum Gasteiger partial charge on any atom is -0.493 e. The van der Waals surface area contributed by atoms with Gasteiger partial charge in [-0.05, 0) is 104 Å². The maximum atomic E-state index is 13.5. The fourth-order valence-electron chi connectivity index (χ4n) is 6.19. The Balaban J connectivity index is 0.000000555. The van der Waals surface area contributed by atoms with E-state index >= 15 is 0 Å². The van der Waals surface area contributed by atoms with Gasteiger partial charge in [-0.25, -0.2) is 18.4 Å². The van der Waals surface area contributed by atoms with Crippen LogP contribution in [0.2, 0.25) is 0 Å². The van der Waals surface area contributed by atoms with Crippen molar-refractivity contribution in [2.45, 2.75) is 37.9 Å². The van der Waals surface area contributed by atoms with Crippen LogP contribution in [0.25, 0.3) is 0 Å². The van der Waals surface area contributed by atoms with Gasteiger partial charge >= 0.3 is 11.9 Å². The fourth-order valence-corrected chi connectivity index (χ4v) is 6.19. The lowest BCUT2D eigenvalue weighted by Gasteiger charge is -2.45. The Morgan fingerprint density at radius 1 is 0.915 bits per heavy atom. The first kappa shape index (κ1) is 35.5. The Hall–Kier alpha value is -4.32. The number of hydrogen-bond acceptors (Lipinski definition) is 7. The highest BCUT2D eigenvalue weighted by Gasteiger charge is 2.42. The van der Waals surface area contributed by atoms with Crippen LogP contribution in [0.4, 0.5) is 8.78 Å². The zero-order valence-corrected chi connectivity index (χ0v) is 26.8. The van der Waals surface area contributed by atoms with E-state index in [9.17, 15) is 18.4 Å². The highest BCUT2D eigenvalue weighted by Crippen LogP contribution is 2.46. The number of piperidine rings is 1. The van der Waals surface area contributed by atoms with Crippen LogP contribution in [0.3, 0.4) is 0 Å². The minimum atomic E-state index is -1.26. The highest BCUT2D eigenvalue weighted by atomic mass is 19.1. The van der Waals surface area contributed by atoms with Crippen LogP contribution in [-0.2, 0) is 31.1 Å². The molecular formula is C36H41F2NO8. The van der Waals surface area contributed by atoms with E-state index < -0.39 is 11.9 Å². The Kier molecular flexibility index (Phi) is 12.5. The minimum absolute atomic E-state index is 0.296. The summed E-state index contributed by atoms with van der Waals surface area (Å²) in [5, 5.41) is 15.6. The van der Waals surface area contributed by atoms with Gasteiger partial charge in [-0.1, -0.05) is 24.3 Å². The number of rotatable bonds is 11. The van der Waals surface area contributed by atoms with Crippen LogP contribution in [0, 0.1) is 17.6 Å². The molecule has 2 aliphatic heterocycles. The van der Waals surface area contributed by atoms with Gasteiger partial charge in [0.25, 0.3) is 0 Å². The van der Waals surface area contributed by atoms with Crippen LogP contribution in [-0.4, -0.2) is 74.1 Å². The molecule has 2 N–H and O–H groups in total. The second kappa shape index (κ2) is 16.5. The van der Waals surface area contributed by atoms with Crippen LogP contribution in [0.1, 0.15) is 48.1 Å². The normalized spacial score (nSPS) is 18.3. The number of methoxy groups -OCH3 is 2. The first-order valence-electron chi connectivity index (χ1n) is 15.4. The van der Waals surface area contributed by atoms with Crippen molar-refractivity contribution in [2.75, 3.05) is 47.1 Å². The van der Waals surface area contributed by atoms with Gasteiger partial charge in [-0.15, -0.1) is 0 Å². The molecule has 9 nitrogen and oxygen atoms in total. The molecule has 3 aromatic rings. The number of hydrogen-bond donors (Lipinski definition) is 2. The number of likely N-dealkylation sites (tertiary alicyclic amines) is 1. The molecule has 0 radical (unpaired) electrons. The van der Waals surface area contributed by atoms with Crippen LogP contribution >= 0.6 is 0 Å². The third-order valence-corrected chi connectivity index (χ3v) is 8.69. The maximum absolute atomic E-state index is 13.5. The van der Waals surface area contributed by atoms with Crippen molar-refractivity contribution < 1.29 is 47.5 Å². The van der Waals surface area contributed by atoms with Crippen molar-refractivity contribution in [1.82, 2.24) is 4.90 Å². The summed E-state index contributed by atoms with van der Waals surface area (Å²) < 4.78 is 51.0. The standard InChI is InChI=1S/C32H37F2NO4.C4H4O4/c1-32(28-21-30(37-3)29(36-2)20-24(28)14-18-39-32)25-12-15-35(16-13-25)17-19-38-31(22-4-8-26(33)9-5-22)23-6-10-27(34)11-7-23;5-3(6)1-2-4(7)8/h4-11,20-21,25,31H,12-19H2,1-3H3;1-2H,(H,5,6)(H,7,8)/b;2-1+. The molecule has 0 spiro atoms. The van der Waals surface area contributed by atoms with Crippen molar-refractivity contribution in [1.29, 1.82) is 0 Å². The number of halogens is 2. The van der Waals surface area contributed by atoms with E-state index in [0.717, 1.165) is 61.5 Å². The molecule has 5 rings (SSSR count). The van der Waals surface area contributed by atoms with E-state index in [1.807, 2.05) is 0 Å². The number of ether oxygens (including phenoxy) is 4. The predicted molar refractivity (Wildman–Crippen MR) is 171 cm³/mol. The number of aliphatic carboxylic acids is 2. The predicted octanol–water partition coefficient (Wildman–Crippen LogP) is 6.00. The molecule has 3 aromatic carbocycles. The molecule has 0 amide bonds. The second-order valence-electron chi connectivity index (χ2n) is 11.5. The lowest BCUT2D eigenvalue weighted by Crippen LogP contribution is -2.46. The molecule has 0 bridgehead atoms. The number of carbonyl (C=O) groups is 2. The SMILES string of the molecule is COc1cc2c(cc1OC)C(C)(C1CCN(CCOC(c3ccc(F)cc3)c3ccc(F)cc3)CC1)OCC2.O=C(O)/C=C/C(=O)O. The van der Waals surface area contributed by atoms with E-state index in [1.165, 1.54) is 35.4 Å². The van der Waals surface area contributed by atoms with Crippen molar-refractivity contribution in [3.05, 3.63) is 107 Å². The van der Waals surface area contributed by atoms with Gasteiger partial charge in [0.1, 0.15) is 17.7 Å². The summed E-state index contributed by atoms with van der Waals surface area (Å²) in [7, 11) is 3.34. The zero-order chi connectivity index (χ0) is 34.0. The van der Waals surface area contributed by atoms with Gasteiger partial charge in [-0.3, -0.25) is 0 Å². The number of benzene rings is 3. The molecule has 11 heteroatoms. The quantitative estimate of drug-likeness (QED) is 0.241. The largest absolute Gasteiger partial charge is 0.493 e. The van der Waals surface area contributed by atoms with Gasteiger partial charge in [0, 0.05) is 18.7 Å². The molecule has 0 aliphatic carbocycles. The Bertz CT molecular complexity index is 1460. The van der Waals surface area contributed by atoms with Crippen LogP contribution in [0.15, 0.2) is 72.8 Å². The van der Waals surface area contributed by atoms with Crippen LogP contribution in [0.5, 0.6) is 11.5 Å². The van der Waals surface area contributed by atoms with E-state index in [4.69, 9.17) is 29.2 Å². The summed E-state index contributed by atoms with van der Waals surface area (Å²) in [4.78, 5) is 21.5. The fraction of sp³-hybridized carbons (Fsp3) is 0.389. The smallest absolute Gasteiger partial charge is 0.328 e. The van der Waals surface area contributed by atoms with Crippen molar-refractivity contribution >= 4 is 11.9 Å². The van der Waals surface area contributed by atoms with Gasteiger partial charge in [-0.2, -0.15) is 0 Å². The second-order valence-corrected chi connectivity index (χ2v) is 11.5. The number of nitrogens with zero attached hydrogens (tertiary/aromatic N) is 1. The van der Waals surface area contributed by atoms with Gasteiger partial charge in [0.15, 0.2) is 11.5 Å². The lowest BCUT2D eigenvalue weighted by molar-refractivity contribution is -0.134. The van der Waals surface area contributed by atoms with Crippen molar-refractivity contribution in [3.8, 4) is 11.5 Å². The van der Waals surface area contributed by atoms with E-state index in [-0.39, 0.29) is 23.3 Å². The molecule has 0 aromatic heterocycles. The average molecular weight is 654 g/mol. The third kappa shape index (κ3) is 9.37. The number of fused-ring (bicyclic) bond motifs is 1. The molecule has 2 aliphatic rings. The molecule has 1 unspecified atom stereocenters. The number of carboxylic acids is 2. The Morgan fingerprint density at radius 2 is 1.43 bits per heavy atom. The molecule has 2 heterocycles. The summed E-state index contributed by atoms with van der Waals surface area (Å²) in [6.45, 7) is 6.11. The summed E-state index contributed by atoms with van der Waals surface area (Å²) >= 11 is 0. The lowest BCUT2D eigenvalue weighted by atomic mass is 9.74. The van der Waals surface area contributed by atoms with Crippen molar-refractivity contribution in [2.24, 2.45) is 5.92 Å².